The highest BCUT2D eigenvalue weighted by Gasteiger charge is 2.22. The van der Waals surface area contributed by atoms with Crippen LogP contribution in [0.5, 0.6) is 0 Å². The van der Waals surface area contributed by atoms with Crippen molar-refractivity contribution < 1.29 is 4.42 Å². The number of benzene rings is 6. The molecule has 210 valence electrons. The number of rotatable bonds is 3. The Morgan fingerprint density at radius 3 is 2.13 bits per heavy atom. The van der Waals surface area contributed by atoms with Gasteiger partial charge in [0.1, 0.15) is 11.2 Å². The largest absolute Gasteiger partial charge is 0.455 e. The Kier molecular flexibility index (Phi) is 5.09. The molecule has 0 saturated carbocycles. The van der Waals surface area contributed by atoms with Crippen molar-refractivity contribution in [2.24, 2.45) is 0 Å². The second kappa shape index (κ2) is 9.32. The van der Waals surface area contributed by atoms with Crippen molar-refractivity contribution in [1.29, 1.82) is 0 Å². The predicted octanol–water partition coefficient (Wildman–Crippen LogP) is 10.6. The summed E-state index contributed by atoms with van der Waals surface area (Å²) >= 11 is 1.81. The molecule has 6 heteroatoms. The Morgan fingerprint density at radius 2 is 1.22 bits per heavy atom. The fraction of sp³-hybridized carbons (Fsp3) is 0. The topological polar surface area (TPSA) is 56.7 Å². The molecule has 10 aromatic rings. The van der Waals surface area contributed by atoms with Crippen LogP contribution in [-0.2, 0) is 0 Å². The number of nitrogens with zero attached hydrogens (tertiary/aromatic N) is 4. The second-order valence-corrected chi connectivity index (χ2v) is 12.3. The maximum absolute atomic E-state index is 6.44. The van der Waals surface area contributed by atoms with Gasteiger partial charge in [-0.1, -0.05) is 109 Å². The Labute approximate surface area is 260 Å². The lowest BCUT2D eigenvalue weighted by atomic mass is 10.1. The van der Waals surface area contributed by atoms with Crippen LogP contribution in [0.1, 0.15) is 0 Å². The summed E-state index contributed by atoms with van der Waals surface area (Å²) in [5.41, 5.74) is 5.52. The molecule has 5 nitrogen and oxygen atoms in total. The molecule has 0 atom stereocenters. The molecule has 0 saturated heterocycles. The highest BCUT2D eigenvalue weighted by molar-refractivity contribution is 7.26. The number of hydrogen-bond acceptors (Lipinski definition) is 5. The van der Waals surface area contributed by atoms with Crippen molar-refractivity contribution in [3.63, 3.8) is 0 Å². The molecule has 0 aliphatic rings. The number of fused-ring (bicyclic) bond motifs is 10. The minimum absolute atomic E-state index is 0.568. The summed E-state index contributed by atoms with van der Waals surface area (Å²) in [5.74, 6) is 1.75. The molecule has 45 heavy (non-hydrogen) atoms. The van der Waals surface area contributed by atoms with E-state index >= 15 is 0 Å². The Hall–Kier alpha value is -5.85. The minimum Gasteiger partial charge on any atom is -0.455 e. The first-order valence-electron chi connectivity index (χ1n) is 14.9. The first kappa shape index (κ1) is 24.6. The number of thiophene rings is 1. The molecule has 4 heterocycles. The van der Waals surface area contributed by atoms with Crippen LogP contribution < -0.4 is 0 Å². The predicted molar refractivity (Wildman–Crippen MR) is 185 cm³/mol. The third kappa shape index (κ3) is 3.57. The van der Waals surface area contributed by atoms with Crippen LogP contribution in [-0.4, -0.2) is 19.5 Å². The van der Waals surface area contributed by atoms with Crippen LogP contribution in [0.3, 0.4) is 0 Å². The van der Waals surface area contributed by atoms with Gasteiger partial charge in [0.25, 0.3) is 0 Å². The summed E-state index contributed by atoms with van der Waals surface area (Å²) in [6.45, 7) is 0. The lowest BCUT2D eigenvalue weighted by Gasteiger charge is -2.11. The van der Waals surface area contributed by atoms with Crippen molar-refractivity contribution in [2.75, 3.05) is 0 Å². The molecule has 0 fully saturated rings. The lowest BCUT2D eigenvalue weighted by molar-refractivity contribution is 0.669. The van der Waals surface area contributed by atoms with Crippen LogP contribution in [0.2, 0.25) is 0 Å². The summed E-state index contributed by atoms with van der Waals surface area (Å²) in [6.07, 6.45) is 0. The minimum atomic E-state index is 0.568. The van der Waals surface area contributed by atoms with Gasteiger partial charge in [-0.3, -0.25) is 4.57 Å². The monoisotopic (exact) mass is 594 g/mol. The lowest BCUT2D eigenvalue weighted by Crippen LogP contribution is -2.06. The third-order valence-corrected chi connectivity index (χ3v) is 9.87. The van der Waals surface area contributed by atoms with E-state index in [1.165, 1.54) is 25.6 Å². The van der Waals surface area contributed by atoms with Crippen LogP contribution in [0, 0.1) is 0 Å². The zero-order valence-electron chi connectivity index (χ0n) is 23.8. The van der Waals surface area contributed by atoms with Crippen LogP contribution in [0.4, 0.5) is 0 Å². The fourth-order valence-electron chi connectivity index (χ4n) is 6.66. The van der Waals surface area contributed by atoms with E-state index in [-0.39, 0.29) is 0 Å². The van der Waals surface area contributed by atoms with Gasteiger partial charge < -0.3 is 4.42 Å². The van der Waals surface area contributed by atoms with Crippen LogP contribution >= 0.6 is 11.3 Å². The number of hydrogen-bond donors (Lipinski definition) is 0. The molecule has 0 spiro atoms. The first-order chi connectivity index (χ1) is 22.3. The van der Waals surface area contributed by atoms with Crippen LogP contribution in [0.15, 0.2) is 138 Å². The van der Waals surface area contributed by atoms with Gasteiger partial charge in [-0.05, 0) is 24.3 Å². The molecular formula is C39H22N4OS. The Bertz CT molecular complexity index is 2770. The third-order valence-electron chi connectivity index (χ3n) is 8.68. The van der Waals surface area contributed by atoms with Gasteiger partial charge >= 0.3 is 0 Å². The average Bonchev–Trinajstić information content (AvgIpc) is 3.78. The number of furan rings is 1. The molecule has 0 aliphatic carbocycles. The Morgan fingerprint density at radius 1 is 0.511 bits per heavy atom. The average molecular weight is 595 g/mol. The molecular weight excluding hydrogens is 573 g/mol. The highest BCUT2D eigenvalue weighted by Crippen LogP contribution is 2.43. The number of aromatic nitrogens is 4. The highest BCUT2D eigenvalue weighted by atomic mass is 32.1. The zero-order chi connectivity index (χ0) is 29.5. The standard InChI is InChI=1S/C39H22N4OS/c1-2-11-23(12-3-1)37-40-38(30-17-10-16-28-25-14-5-8-19-32(25)44-35(28)30)42-39(41-37)43-31-18-7-4-13-24(31)27-21-22-29-26-15-6-9-20-33(26)45-36(29)34(27)43/h1-22H. The van der Waals surface area contributed by atoms with Gasteiger partial charge in [0.05, 0.1) is 21.3 Å². The molecule has 10 rings (SSSR count). The Balaban J connectivity index is 1.34. The molecule has 0 unspecified atom stereocenters. The van der Waals surface area contributed by atoms with E-state index in [0.29, 0.717) is 17.6 Å². The van der Waals surface area contributed by atoms with Gasteiger partial charge in [-0.2, -0.15) is 9.97 Å². The number of para-hydroxylation sites is 3. The van der Waals surface area contributed by atoms with E-state index in [2.05, 4.69) is 77.4 Å². The molecule has 4 aromatic heterocycles. The summed E-state index contributed by atoms with van der Waals surface area (Å²) in [7, 11) is 0. The van der Waals surface area contributed by atoms with E-state index in [1.54, 1.807) is 0 Å². The maximum Gasteiger partial charge on any atom is 0.238 e. The van der Waals surface area contributed by atoms with Gasteiger partial charge in [-0.25, -0.2) is 4.98 Å². The van der Waals surface area contributed by atoms with E-state index < -0.39 is 0 Å². The van der Waals surface area contributed by atoms with Crippen molar-refractivity contribution in [2.45, 2.75) is 0 Å². The fourth-order valence-corrected chi connectivity index (χ4v) is 7.90. The summed E-state index contributed by atoms with van der Waals surface area (Å²) in [4.78, 5) is 15.5. The second-order valence-electron chi connectivity index (χ2n) is 11.2. The van der Waals surface area contributed by atoms with E-state index in [0.717, 1.165) is 49.5 Å². The van der Waals surface area contributed by atoms with Crippen molar-refractivity contribution in [1.82, 2.24) is 19.5 Å². The van der Waals surface area contributed by atoms with E-state index in [9.17, 15) is 0 Å². The smallest absolute Gasteiger partial charge is 0.238 e. The van der Waals surface area contributed by atoms with Crippen molar-refractivity contribution in [3.8, 4) is 28.7 Å². The normalized spacial score (nSPS) is 12.0. The van der Waals surface area contributed by atoms with Gasteiger partial charge in [0.15, 0.2) is 11.6 Å². The molecule has 0 bridgehead atoms. The van der Waals surface area contributed by atoms with Gasteiger partial charge in [0, 0.05) is 42.6 Å². The summed E-state index contributed by atoms with van der Waals surface area (Å²) < 4.78 is 11.1. The first-order valence-corrected chi connectivity index (χ1v) is 15.7. The van der Waals surface area contributed by atoms with Gasteiger partial charge in [-0.15, -0.1) is 11.3 Å². The van der Waals surface area contributed by atoms with Crippen LogP contribution in [0.25, 0.3) is 92.6 Å². The van der Waals surface area contributed by atoms with E-state index in [4.69, 9.17) is 19.4 Å². The van der Waals surface area contributed by atoms with Crippen molar-refractivity contribution >= 4 is 75.3 Å². The van der Waals surface area contributed by atoms with Gasteiger partial charge in [0.2, 0.25) is 5.95 Å². The van der Waals surface area contributed by atoms with Crippen molar-refractivity contribution in [3.05, 3.63) is 133 Å². The molecule has 0 N–H and O–H groups in total. The van der Waals surface area contributed by atoms with E-state index in [1.807, 2.05) is 72.0 Å². The maximum atomic E-state index is 6.44. The molecule has 0 radical (unpaired) electrons. The quantitative estimate of drug-likeness (QED) is 0.204. The molecule has 0 amide bonds. The SMILES string of the molecule is c1ccc(-c2nc(-c3cccc4c3oc3ccccc34)nc(-n3c4ccccc4c4ccc5c6ccccc6sc5c43)n2)cc1. The summed E-state index contributed by atoms with van der Waals surface area (Å²) in [6, 6.07) is 46.0. The molecule has 6 aromatic carbocycles. The zero-order valence-corrected chi connectivity index (χ0v) is 24.6. The molecule has 0 aliphatic heterocycles. The summed E-state index contributed by atoms with van der Waals surface area (Å²) in [5, 5.41) is 6.93.